The summed E-state index contributed by atoms with van der Waals surface area (Å²) in [7, 11) is 0. The third-order valence-electron chi connectivity index (χ3n) is 3.95. The molecule has 0 saturated heterocycles. The van der Waals surface area contributed by atoms with Gasteiger partial charge in [-0.2, -0.15) is 0 Å². The number of halogens is 1. The summed E-state index contributed by atoms with van der Waals surface area (Å²) in [6.07, 6.45) is 0.954. The van der Waals surface area contributed by atoms with Gasteiger partial charge in [0, 0.05) is 27.8 Å². The maximum Gasteiger partial charge on any atom is 0.328 e. The maximum absolute atomic E-state index is 10.9. The van der Waals surface area contributed by atoms with E-state index in [4.69, 9.17) is 19.3 Å². The van der Waals surface area contributed by atoms with E-state index in [1.807, 2.05) is 24.3 Å². The van der Waals surface area contributed by atoms with Gasteiger partial charge in [0.1, 0.15) is 19.0 Å². The molecule has 24 heavy (non-hydrogen) atoms. The van der Waals surface area contributed by atoms with Gasteiger partial charge < -0.3 is 19.3 Å². The van der Waals surface area contributed by atoms with Crippen LogP contribution < -0.4 is 14.2 Å². The SMILES string of the molecule is O=C(O)/C=C1\COc2cc3c(cc21)OC[C@@H](c1cccc(Br)c1)O3. The van der Waals surface area contributed by atoms with Crippen molar-refractivity contribution in [3.05, 3.63) is 58.1 Å². The number of rotatable bonds is 2. The Labute approximate surface area is 146 Å². The molecule has 5 nitrogen and oxygen atoms in total. The van der Waals surface area contributed by atoms with Crippen molar-refractivity contribution in [2.75, 3.05) is 13.2 Å². The molecule has 0 unspecified atom stereocenters. The largest absolute Gasteiger partial charge is 0.488 e. The van der Waals surface area contributed by atoms with Gasteiger partial charge in [-0.25, -0.2) is 4.79 Å². The Morgan fingerprint density at radius 3 is 2.83 bits per heavy atom. The van der Waals surface area contributed by atoms with E-state index in [-0.39, 0.29) is 12.7 Å². The first-order valence-corrected chi connectivity index (χ1v) is 8.19. The van der Waals surface area contributed by atoms with E-state index in [1.165, 1.54) is 0 Å². The van der Waals surface area contributed by atoms with Crippen LogP contribution in [0.2, 0.25) is 0 Å². The minimum atomic E-state index is -0.994. The Hall–Kier alpha value is -2.47. The van der Waals surface area contributed by atoms with E-state index < -0.39 is 5.97 Å². The number of carboxylic acids is 1. The van der Waals surface area contributed by atoms with Crippen molar-refractivity contribution in [2.45, 2.75) is 6.10 Å². The number of hydrogen-bond donors (Lipinski definition) is 1. The molecule has 2 aliphatic heterocycles. The van der Waals surface area contributed by atoms with Crippen molar-refractivity contribution < 1.29 is 24.1 Å². The fourth-order valence-electron chi connectivity index (χ4n) is 2.84. The normalized spacial score (nSPS) is 19.7. The predicted octanol–water partition coefficient (Wildman–Crippen LogP) is 3.82. The number of carbonyl (C=O) groups is 1. The van der Waals surface area contributed by atoms with Gasteiger partial charge in [0.15, 0.2) is 17.6 Å². The third kappa shape index (κ3) is 2.73. The molecule has 4 rings (SSSR count). The van der Waals surface area contributed by atoms with Crippen molar-refractivity contribution in [2.24, 2.45) is 0 Å². The van der Waals surface area contributed by atoms with E-state index in [0.717, 1.165) is 21.7 Å². The number of fused-ring (bicyclic) bond motifs is 2. The first-order chi connectivity index (χ1) is 11.6. The van der Waals surface area contributed by atoms with Crippen LogP contribution in [0.3, 0.4) is 0 Å². The van der Waals surface area contributed by atoms with Crippen molar-refractivity contribution in [1.29, 1.82) is 0 Å². The molecule has 0 saturated carbocycles. The lowest BCUT2D eigenvalue weighted by Crippen LogP contribution is -2.21. The van der Waals surface area contributed by atoms with Gasteiger partial charge in [-0.05, 0) is 23.8 Å². The molecule has 0 radical (unpaired) electrons. The lowest BCUT2D eigenvalue weighted by molar-refractivity contribution is -0.131. The van der Waals surface area contributed by atoms with Crippen LogP contribution in [-0.4, -0.2) is 24.3 Å². The molecule has 0 aromatic heterocycles. The average molecular weight is 389 g/mol. The minimum Gasteiger partial charge on any atom is -0.488 e. The Balaban J connectivity index is 1.66. The number of benzene rings is 2. The molecule has 0 bridgehead atoms. The summed E-state index contributed by atoms with van der Waals surface area (Å²) < 4.78 is 18.4. The molecule has 0 fully saturated rings. The van der Waals surface area contributed by atoms with Crippen molar-refractivity contribution >= 4 is 27.5 Å². The quantitative estimate of drug-likeness (QED) is 0.792. The zero-order chi connectivity index (χ0) is 16.7. The maximum atomic E-state index is 10.9. The molecule has 2 heterocycles. The standard InChI is InChI=1S/C18H13BrO5/c19-12-3-1-2-10(4-12)17-9-23-15-6-13-11(5-18(20)21)8-22-14(13)7-16(15)24-17/h1-7,17H,8-9H2,(H,20,21)/b11-5+/t17-/m0/s1. The van der Waals surface area contributed by atoms with Crippen LogP contribution in [0.5, 0.6) is 17.2 Å². The highest BCUT2D eigenvalue weighted by Gasteiger charge is 2.28. The lowest BCUT2D eigenvalue weighted by atomic mass is 10.1. The van der Waals surface area contributed by atoms with E-state index >= 15 is 0 Å². The van der Waals surface area contributed by atoms with E-state index in [9.17, 15) is 4.79 Å². The Kier molecular flexibility index (Phi) is 3.69. The fourth-order valence-corrected chi connectivity index (χ4v) is 3.26. The van der Waals surface area contributed by atoms with Crippen molar-refractivity contribution in [3.8, 4) is 17.2 Å². The third-order valence-corrected chi connectivity index (χ3v) is 4.45. The molecule has 0 aliphatic carbocycles. The lowest BCUT2D eigenvalue weighted by Gasteiger charge is -2.27. The summed E-state index contributed by atoms with van der Waals surface area (Å²) in [4.78, 5) is 10.9. The van der Waals surface area contributed by atoms with E-state index in [0.29, 0.717) is 29.4 Å². The van der Waals surface area contributed by atoms with Crippen LogP contribution in [0.1, 0.15) is 17.2 Å². The van der Waals surface area contributed by atoms with Gasteiger partial charge in [0.05, 0.1) is 0 Å². The van der Waals surface area contributed by atoms with Crippen LogP contribution >= 0.6 is 15.9 Å². The molecule has 1 atom stereocenters. The summed E-state index contributed by atoms with van der Waals surface area (Å²) in [5.41, 5.74) is 2.38. The van der Waals surface area contributed by atoms with Crippen LogP contribution in [0, 0.1) is 0 Å². The highest BCUT2D eigenvalue weighted by atomic mass is 79.9. The highest BCUT2D eigenvalue weighted by molar-refractivity contribution is 9.10. The van der Waals surface area contributed by atoms with Crippen molar-refractivity contribution in [3.63, 3.8) is 0 Å². The van der Waals surface area contributed by atoms with Gasteiger partial charge in [0.25, 0.3) is 0 Å². The number of aliphatic carboxylic acids is 1. The number of hydrogen-bond acceptors (Lipinski definition) is 4. The second kappa shape index (κ2) is 5.87. The summed E-state index contributed by atoms with van der Waals surface area (Å²) in [5, 5.41) is 8.93. The Bertz CT molecular complexity index is 858. The average Bonchev–Trinajstić information content (AvgIpc) is 2.93. The van der Waals surface area contributed by atoms with Crippen LogP contribution in [0.4, 0.5) is 0 Å². The molecule has 1 N–H and O–H groups in total. The van der Waals surface area contributed by atoms with Crippen LogP contribution in [0.15, 0.2) is 46.9 Å². The smallest absolute Gasteiger partial charge is 0.328 e. The van der Waals surface area contributed by atoms with Crippen molar-refractivity contribution in [1.82, 2.24) is 0 Å². The molecule has 0 amide bonds. The molecule has 2 aromatic rings. The summed E-state index contributed by atoms with van der Waals surface area (Å²) in [5.74, 6) is 0.814. The van der Waals surface area contributed by atoms with Gasteiger partial charge in [-0.1, -0.05) is 28.1 Å². The second-order valence-corrected chi connectivity index (χ2v) is 6.48. The molecule has 6 heteroatoms. The van der Waals surface area contributed by atoms with E-state index in [2.05, 4.69) is 15.9 Å². The van der Waals surface area contributed by atoms with Gasteiger partial charge in [0.2, 0.25) is 0 Å². The summed E-state index contributed by atoms with van der Waals surface area (Å²) in [6.45, 7) is 0.626. The molecule has 2 aliphatic rings. The highest BCUT2D eigenvalue weighted by Crippen LogP contribution is 2.45. The van der Waals surface area contributed by atoms with Gasteiger partial charge in [-0.3, -0.25) is 0 Å². The molecular weight excluding hydrogens is 376 g/mol. The number of carboxylic acid groups (broad SMARTS) is 1. The fraction of sp³-hybridized carbons (Fsp3) is 0.167. The number of ether oxygens (including phenoxy) is 3. The topological polar surface area (TPSA) is 65.0 Å². The second-order valence-electron chi connectivity index (χ2n) is 5.56. The molecule has 2 aromatic carbocycles. The molecule has 122 valence electrons. The Morgan fingerprint density at radius 1 is 1.17 bits per heavy atom. The minimum absolute atomic E-state index is 0.205. The summed E-state index contributed by atoms with van der Waals surface area (Å²) >= 11 is 3.46. The predicted molar refractivity (Wildman–Crippen MR) is 90.6 cm³/mol. The monoisotopic (exact) mass is 388 g/mol. The first kappa shape index (κ1) is 15.1. The molecule has 0 spiro atoms. The summed E-state index contributed by atoms with van der Waals surface area (Å²) in [6, 6.07) is 11.4. The van der Waals surface area contributed by atoms with Crippen LogP contribution in [-0.2, 0) is 4.79 Å². The zero-order valence-corrected chi connectivity index (χ0v) is 14.1. The Morgan fingerprint density at radius 2 is 2.04 bits per heavy atom. The molecular formula is C18H13BrO5. The van der Waals surface area contributed by atoms with E-state index in [1.54, 1.807) is 12.1 Å². The first-order valence-electron chi connectivity index (χ1n) is 7.40. The zero-order valence-electron chi connectivity index (χ0n) is 12.5. The van der Waals surface area contributed by atoms with Gasteiger partial charge >= 0.3 is 5.97 Å². The van der Waals surface area contributed by atoms with Crippen LogP contribution in [0.25, 0.3) is 5.57 Å². The van der Waals surface area contributed by atoms with Gasteiger partial charge in [-0.15, -0.1) is 0 Å².